The Kier molecular flexibility index (Phi) is 4.91. The molecule has 0 aliphatic rings. The van der Waals surface area contributed by atoms with Crippen LogP contribution in [0.1, 0.15) is 21.8 Å². The lowest BCUT2D eigenvalue weighted by Gasteiger charge is -2.07. The quantitative estimate of drug-likeness (QED) is 0.832. The van der Waals surface area contributed by atoms with Gasteiger partial charge in [0.15, 0.2) is 0 Å². The Labute approximate surface area is 130 Å². The Morgan fingerprint density at radius 1 is 1.27 bits per heavy atom. The van der Waals surface area contributed by atoms with Crippen molar-refractivity contribution in [3.63, 3.8) is 0 Å². The molecule has 1 aromatic heterocycles. The summed E-state index contributed by atoms with van der Waals surface area (Å²) in [5.41, 5.74) is 0.495. The molecule has 0 amide bonds. The summed E-state index contributed by atoms with van der Waals surface area (Å²) >= 11 is 1.32. The number of hydrogen-bond donors (Lipinski definition) is 0. The van der Waals surface area contributed by atoms with E-state index in [1.807, 2.05) is 0 Å². The molecule has 0 bridgehead atoms. The molecule has 0 atom stereocenters. The van der Waals surface area contributed by atoms with Crippen LogP contribution in [0.25, 0.3) is 0 Å². The molecule has 22 heavy (non-hydrogen) atoms. The van der Waals surface area contributed by atoms with Gasteiger partial charge in [-0.1, -0.05) is 18.2 Å². The van der Waals surface area contributed by atoms with E-state index >= 15 is 0 Å². The average Bonchev–Trinajstić information content (AvgIpc) is 2.83. The fourth-order valence-electron chi connectivity index (χ4n) is 1.87. The van der Waals surface area contributed by atoms with Gasteiger partial charge in [0.2, 0.25) is 0 Å². The summed E-state index contributed by atoms with van der Waals surface area (Å²) < 4.78 is 60.2. The van der Waals surface area contributed by atoms with E-state index in [-0.39, 0.29) is 5.75 Å². The van der Waals surface area contributed by atoms with E-state index in [2.05, 4.69) is 4.98 Å². The van der Waals surface area contributed by atoms with E-state index < -0.39 is 21.6 Å². The molecule has 0 aliphatic carbocycles. The number of nitrogens with zero attached hydrogens (tertiary/aromatic N) is 1. The van der Waals surface area contributed by atoms with Crippen LogP contribution in [0, 0.1) is 0 Å². The van der Waals surface area contributed by atoms with Crippen LogP contribution in [0.3, 0.4) is 0 Å². The summed E-state index contributed by atoms with van der Waals surface area (Å²) in [5.74, 6) is 0.0136. The van der Waals surface area contributed by atoms with Crippen molar-refractivity contribution in [3.8, 4) is 0 Å². The topological polar surface area (TPSA) is 47.0 Å². The molecule has 0 aliphatic heterocycles. The highest BCUT2D eigenvalue weighted by atomic mass is 32.2. The second-order valence-electron chi connectivity index (χ2n) is 4.99. The van der Waals surface area contributed by atoms with Gasteiger partial charge in [-0.05, 0) is 11.6 Å². The van der Waals surface area contributed by atoms with E-state index in [0.29, 0.717) is 29.1 Å². The average molecular weight is 349 g/mol. The summed E-state index contributed by atoms with van der Waals surface area (Å²) in [6.45, 7) is 0. The van der Waals surface area contributed by atoms with Crippen molar-refractivity contribution in [2.45, 2.75) is 19.0 Å². The zero-order chi connectivity index (χ0) is 16.4. The number of aromatic nitrogens is 1. The van der Waals surface area contributed by atoms with Crippen molar-refractivity contribution in [1.82, 2.24) is 4.98 Å². The van der Waals surface area contributed by atoms with Gasteiger partial charge >= 0.3 is 6.18 Å². The van der Waals surface area contributed by atoms with Crippen molar-refractivity contribution in [1.29, 1.82) is 0 Å². The maximum absolute atomic E-state index is 12.7. The van der Waals surface area contributed by atoms with Gasteiger partial charge in [-0.3, -0.25) is 0 Å². The number of sulfone groups is 1. The summed E-state index contributed by atoms with van der Waals surface area (Å²) in [6.07, 6.45) is -2.59. The van der Waals surface area contributed by atoms with E-state index in [0.717, 1.165) is 18.4 Å². The maximum atomic E-state index is 12.7. The number of thiazole rings is 1. The number of aryl methyl sites for hydroxylation is 1. The maximum Gasteiger partial charge on any atom is 0.416 e. The first-order valence-electron chi connectivity index (χ1n) is 6.40. The number of halogens is 3. The minimum Gasteiger partial charge on any atom is -0.246 e. The Balaban J connectivity index is 2.07. The van der Waals surface area contributed by atoms with Crippen molar-refractivity contribution in [2.24, 2.45) is 0 Å². The van der Waals surface area contributed by atoms with Gasteiger partial charge < -0.3 is 0 Å². The first-order chi connectivity index (χ1) is 10.1. The smallest absolute Gasteiger partial charge is 0.246 e. The predicted octanol–water partition coefficient (Wildman–Crippen LogP) is 3.34. The monoisotopic (exact) mass is 349 g/mol. The van der Waals surface area contributed by atoms with Gasteiger partial charge in [-0.15, -0.1) is 11.3 Å². The minimum absolute atomic E-state index is 0.0136. The first-order valence-corrected chi connectivity index (χ1v) is 9.35. The molecule has 0 spiro atoms. The van der Waals surface area contributed by atoms with Crippen LogP contribution >= 0.6 is 11.3 Å². The molecule has 2 aromatic rings. The second-order valence-corrected chi connectivity index (χ2v) is 8.19. The molecule has 0 N–H and O–H groups in total. The molecule has 2 rings (SSSR count). The molecule has 8 heteroatoms. The Bertz CT molecular complexity index is 751. The molecule has 3 nitrogen and oxygen atoms in total. The number of alkyl halides is 3. The SMILES string of the molecule is CS(=O)(=O)CCc1csc(Cc2cccc(C(F)(F)F)c2)n1. The van der Waals surface area contributed by atoms with Crippen LogP contribution < -0.4 is 0 Å². The van der Waals surface area contributed by atoms with Crippen LogP contribution in [0.4, 0.5) is 13.2 Å². The molecule has 120 valence electrons. The molecule has 0 saturated carbocycles. The van der Waals surface area contributed by atoms with Gasteiger partial charge in [0.05, 0.1) is 22.0 Å². The zero-order valence-corrected chi connectivity index (χ0v) is 13.4. The predicted molar refractivity (Wildman–Crippen MR) is 79.8 cm³/mol. The molecular weight excluding hydrogens is 335 g/mol. The lowest BCUT2D eigenvalue weighted by atomic mass is 10.1. The van der Waals surface area contributed by atoms with E-state index in [9.17, 15) is 21.6 Å². The standard InChI is InChI=1S/C14H14F3NO2S2/c1-22(19,20)6-5-12-9-21-13(18-12)8-10-3-2-4-11(7-10)14(15,16)17/h2-4,7,9H,5-6,8H2,1H3. The zero-order valence-electron chi connectivity index (χ0n) is 11.7. The fraction of sp³-hybridized carbons (Fsp3) is 0.357. The van der Waals surface area contributed by atoms with E-state index in [1.54, 1.807) is 11.4 Å². The lowest BCUT2D eigenvalue weighted by Crippen LogP contribution is -2.06. The molecule has 1 heterocycles. The van der Waals surface area contributed by atoms with Crippen molar-refractivity contribution >= 4 is 21.2 Å². The highest BCUT2D eigenvalue weighted by molar-refractivity contribution is 7.90. The fourth-order valence-corrected chi connectivity index (χ4v) is 3.31. The Morgan fingerprint density at radius 2 is 2.00 bits per heavy atom. The van der Waals surface area contributed by atoms with E-state index in [4.69, 9.17) is 0 Å². The lowest BCUT2D eigenvalue weighted by molar-refractivity contribution is -0.137. The van der Waals surface area contributed by atoms with Gasteiger partial charge in [-0.25, -0.2) is 13.4 Å². The number of hydrogen-bond acceptors (Lipinski definition) is 4. The normalized spacial score (nSPS) is 12.5. The van der Waals surface area contributed by atoms with Gasteiger partial charge in [0.25, 0.3) is 0 Å². The van der Waals surface area contributed by atoms with Gasteiger partial charge in [0, 0.05) is 24.5 Å². The third-order valence-electron chi connectivity index (χ3n) is 2.94. The number of benzene rings is 1. The summed E-state index contributed by atoms with van der Waals surface area (Å²) in [5, 5.41) is 2.41. The van der Waals surface area contributed by atoms with Crippen molar-refractivity contribution in [3.05, 3.63) is 51.5 Å². The van der Waals surface area contributed by atoms with Crippen LogP contribution in [0.15, 0.2) is 29.6 Å². The van der Waals surface area contributed by atoms with Crippen molar-refractivity contribution < 1.29 is 21.6 Å². The van der Waals surface area contributed by atoms with Crippen LogP contribution in [0.5, 0.6) is 0 Å². The highest BCUT2D eigenvalue weighted by Crippen LogP contribution is 2.30. The molecular formula is C14H14F3NO2S2. The van der Waals surface area contributed by atoms with Gasteiger partial charge in [-0.2, -0.15) is 13.2 Å². The molecule has 1 aromatic carbocycles. The highest BCUT2D eigenvalue weighted by Gasteiger charge is 2.30. The molecule has 0 fully saturated rings. The largest absolute Gasteiger partial charge is 0.416 e. The first kappa shape index (κ1) is 17.0. The Hall–Kier alpha value is -1.41. The summed E-state index contributed by atoms with van der Waals surface area (Å²) in [6, 6.07) is 5.13. The summed E-state index contributed by atoms with van der Waals surface area (Å²) in [7, 11) is -3.05. The molecule has 0 saturated heterocycles. The second kappa shape index (κ2) is 6.37. The van der Waals surface area contributed by atoms with Crippen LogP contribution in [0.2, 0.25) is 0 Å². The van der Waals surface area contributed by atoms with Crippen LogP contribution in [-0.2, 0) is 28.9 Å². The number of rotatable bonds is 5. The molecule has 0 unspecified atom stereocenters. The molecule has 0 radical (unpaired) electrons. The summed E-state index contributed by atoms with van der Waals surface area (Å²) in [4.78, 5) is 4.27. The Morgan fingerprint density at radius 3 is 2.64 bits per heavy atom. The van der Waals surface area contributed by atoms with Crippen molar-refractivity contribution in [2.75, 3.05) is 12.0 Å². The minimum atomic E-state index is -4.36. The third-order valence-corrected chi connectivity index (χ3v) is 4.78. The van der Waals surface area contributed by atoms with Crippen LogP contribution in [-0.4, -0.2) is 25.4 Å². The van der Waals surface area contributed by atoms with Gasteiger partial charge in [0.1, 0.15) is 9.84 Å². The third kappa shape index (κ3) is 5.10. The van der Waals surface area contributed by atoms with E-state index in [1.165, 1.54) is 17.4 Å².